The minimum Gasteiger partial charge on any atom is -0.261 e. The second-order valence-corrected chi connectivity index (χ2v) is 3.23. The molecular formula is C10H15N3. The van der Waals surface area contributed by atoms with Crippen LogP contribution in [0.15, 0.2) is 29.5 Å². The van der Waals surface area contributed by atoms with Crippen molar-refractivity contribution in [2.75, 3.05) is 5.43 Å². The van der Waals surface area contributed by atoms with Gasteiger partial charge in [-0.3, -0.25) is 5.43 Å². The average Bonchev–Trinajstić information content (AvgIpc) is 2.15. The Labute approximate surface area is 78.9 Å². The monoisotopic (exact) mass is 177 g/mol. The molecule has 0 spiro atoms. The molecule has 0 aliphatic heterocycles. The largest absolute Gasteiger partial charge is 0.261 e. The maximum atomic E-state index is 4.20. The van der Waals surface area contributed by atoms with Crippen molar-refractivity contribution in [3.63, 3.8) is 0 Å². The zero-order valence-corrected chi connectivity index (χ0v) is 8.28. The number of rotatable bonds is 3. The van der Waals surface area contributed by atoms with Crippen LogP contribution in [0.4, 0.5) is 5.82 Å². The molecule has 1 rings (SSSR count). The summed E-state index contributed by atoms with van der Waals surface area (Å²) < 4.78 is 0. The Morgan fingerprint density at radius 2 is 2.23 bits per heavy atom. The third-order valence-electron chi connectivity index (χ3n) is 1.85. The normalized spacial score (nSPS) is 11.8. The van der Waals surface area contributed by atoms with Gasteiger partial charge in [0.25, 0.3) is 0 Å². The fraction of sp³-hybridized carbons (Fsp3) is 0.400. The van der Waals surface area contributed by atoms with Gasteiger partial charge in [0.2, 0.25) is 0 Å². The van der Waals surface area contributed by atoms with E-state index in [4.69, 9.17) is 0 Å². The smallest absolute Gasteiger partial charge is 0.146 e. The molecule has 0 atom stereocenters. The lowest BCUT2D eigenvalue weighted by Crippen LogP contribution is -2.05. The number of hydrazone groups is 1. The van der Waals surface area contributed by atoms with Crippen LogP contribution in [0, 0.1) is 5.92 Å². The van der Waals surface area contributed by atoms with Crippen molar-refractivity contribution in [2.24, 2.45) is 11.0 Å². The van der Waals surface area contributed by atoms with Gasteiger partial charge in [-0.2, -0.15) is 5.10 Å². The molecule has 3 heteroatoms. The van der Waals surface area contributed by atoms with Crippen LogP contribution in [-0.4, -0.2) is 10.7 Å². The van der Waals surface area contributed by atoms with Crippen molar-refractivity contribution in [3.05, 3.63) is 24.4 Å². The number of hydrogen-bond donors (Lipinski definition) is 1. The fourth-order valence-corrected chi connectivity index (χ4v) is 0.703. The SMILES string of the molecule is C/C(=N/Nc1ccccn1)C(C)C. The van der Waals surface area contributed by atoms with Crippen LogP contribution >= 0.6 is 0 Å². The molecule has 0 aromatic carbocycles. The first-order valence-corrected chi connectivity index (χ1v) is 4.41. The molecule has 0 saturated carbocycles. The molecule has 0 bridgehead atoms. The molecule has 0 radical (unpaired) electrons. The molecule has 1 aromatic rings. The molecular weight excluding hydrogens is 162 g/mol. The molecule has 1 heterocycles. The molecule has 0 saturated heterocycles. The van der Waals surface area contributed by atoms with Crippen molar-refractivity contribution in [1.82, 2.24) is 4.98 Å². The second-order valence-electron chi connectivity index (χ2n) is 3.23. The number of nitrogens with one attached hydrogen (secondary N) is 1. The summed E-state index contributed by atoms with van der Waals surface area (Å²) in [6.07, 6.45) is 1.74. The van der Waals surface area contributed by atoms with Gasteiger partial charge in [0.05, 0.1) is 0 Å². The van der Waals surface area contributed by atoms with E-state index >= 15 is 0 Å². The Morgan fingerprint density at radius 1 is 1.46 bits per heavy atom. The van der Waals surface area contributed by atoms with E-state index < -0.39 is 0 Å². The summed E-state index contributed by atoms with van der Waals surface area (Å²) in [6.45, 7) is 6.22. The zero-order valence-electron chi connectivity index (χ0n) is 8.28. The molecule has 0 aliphatic carbocycles. The summed E-state index contributed by atoms with van der Waals surface area (Å²) in [4.78, 5) is 4.09. The maximum absolute atomic E-state index is 4.20. The van der Waals surface area contributed by atoms with Crippen LogP contribution in [-0.2, 0) is 0 Å². The lowest BCUT2D eigenvalue weighted by Gasteiger charge is -2.04. The molecule has 13 heavy (non-hydrogen) atoms. The number of anilines is 1. The number of aromatic nitrogens is 1. The van der Waals surface area contributed by atoms with Gasteiger partial charge in [0.1, 0.15) is 5.82 Å². The highest BCUT2D eigenvalue weighted by Crippen LogP contribution is 2.01. The summed E-state index contributed by atoms with van der Waals surface area (Å²) in [5, 5.41) is 4.20. The fourth-order valence-electron chi connectivity index (χ4n) is 0.703. The van der Waals surface area contributed by atoms with Gasteiger partial charge in [-0.15, -0.1) is 0 Å². The summed E-state index contributed by atoms with van der Waals surface area (Å²) in [6, 6.07) is 5.69. The standard InChI is InChI=1S/C10H15N3/c1-8(2)9(3)12-13-10-6-4-5-7-11-10/h4-8H,1-3H3,(H,11,13)/b12-9-. The number of nitrogens with zero attached hydrogens (tertiary/aromatic N) is 2. The van der Waals surface area contributed by atoms with Gasteiger partial charge in [-0.1, -0.05) is 19.9 Å². The molecule has 3 nitrogen and oxygen atoms in total. The molecule has 0 unspecified atom stereocenters. The van der Waals surface area contributed by atoms with Gasteiger partial charge in [-0.25, -0.2) is 4.98 Å². The highest BCUT2D eigenvalue weighted by atomic mass is 15.3. The summed E-state index contributed by atoms with van der Waals surface area (Å²) in [5.74, 6) is 1.25. The Balaban J connectivity index is 2.57. The Morgan fingerprint density at radius 3 is 2.77 bits per heavy atom. The van der Waals surface area contributed by atoms with Crippen molar-refractivity contribution in [3.8, 4) is 0 Å². The van der Waals surface area contributed by atoms with Crippen LogP contribution in [0.25, 0.3) is 0 Å². The Bertz CT molecular complexity index is 277. The molecule has 0 amide bonds. The Hall–Kier alpha value is -1.38. The average molecular weight is 177 g/mol. The predicted molar refractivity (Wildman–Crippen MR) is 55.8 cm³/mol. The quantitative estimate of drug-likeness (QED) is 0.569. The van der Waals surface area contributed by atoms with Crippen molar-refractivity contribution >= 4 is 11.5 Å². The van der Waals surface area contributed by atoms with E-state index in [1.54, 1.807) is 6.20 Å². The van der Waals surface area contributed by atoms with E-state index in [0.29, 0.717) is 5.92 Å². The zero-order chi connectivity index (χ0) is 9.68. The Kier molecular flexibility index (Phi) is 3.43. The van der Waals surface area contributed by atoms with Gasteiger partial charge < -0.3 is 0 Å². The molecule has 70 valence electrons. The van der Waals surface area contributed by atoms with Gasteiger partial charge in [0, 0.05) is 11.9 Å². The van der Waals surface area contributed by atoms with E-state index in [0.717, 1.165) is 11.5 Å². The van der Waals surface area contributed by atoms with E-state index in [2.05, 4.69) is 29.4 Å². The molecule has 0 aliphatic rings. The van der Waals surface area contributed by atoms with Gasteiger partial charge >= 0.3 is 0 Å². The third-order valence-corrected chi connectivity index (χ3v) is 1.85. The molecule has 1 aromatic heterocycles. The van der Waals surface area contributed by atoms with Crippen molar-refractivity contribution in [2.45, 2.75) is 20.8 Å². The number of pyridine rings is 1. The topological polar surface area (TPSA) is 37.3 Å². The van der Waals surface area contributed by atoms with Gasteiger partial charge in [0.15, 0.2) is 0 Å². The maximum Gasteiger partial charge on any atom is 0.146 e. The first-order valence-electron chi connectivity index (χ1n) is 4.41. The lowest BCUT2D eigenvalue weighted by atomic mass is 10.1. The molecule has 0 fully saturated rings. The van der Waals surface area contributed by atoms with E-state index in [1.165, 1.54) is 0 Å². The minimum atomic E-state index is 0.469. The third kappa shape index (κ3) is 3.23. The van der Waals surface area contributed by atoms with Crippen molar-refractivity contribution in [1.29, 1.82) is 0 Å². The number of hydrogen-bond acceptors (Lipinski definition) is 3. The predicted octanol–water partition coefficient (Wildman–Crippen LogP) is 2.53. The highest BCUT2D eigenvalue weighted by Gasteiger charge is 1.96. The van der Waals surface area contributed by atoms with E-state index in [9.17, 15) is 0 Å². The summed E-state index contributed by atoms with van der Waals surface area (Å²) >= 11 is 0. The minimum absolute atomic E-state index is 0.469. The van der Waals surface area contributed by atoms with Crippen LogP contribution in [0.2, 0.25) is 0 Å². The first kappa shape index (κ1) is 9.71. The van der Waals surface area contributed by atoms with E-state index in [1.807, 2.05) is 25.1 Å². The highest BCUT2D eigenvalue weighted by molar-refractivity contribution is 5.84. The van der Waals surface area contributed by atoms with Crippen LogP contribution in [0.3, 0.4) is 0 Å². The van der Waals surface area contributed by atoms with E-state index in [-0.39, 0.29) is 0 Å². The second kappa shape index (κ2) is 4.60. The van der Waals surface area contributed by atoms with Crippen LogP contribution < -0.4 is 5.43 Å². The first-order chi connectivity index (χ1) is 6.20. The summed E-state index contributed by atoms with van der Waals surface area (Å²) in [7, 11) is 0. The van der Waals surface area contributed by atoms with Crippen LogP contribution in [0.5, 0.6) is 0 Å². The lowest BCUT2D eigenvalue weighted by molar-refractivity contribution is 0.874. The summed E-state index contributed by atoms with van der Waals surface area (Å²) in [5.41, 5.74) is 3.98. The van der Waals surface area contributed by atoms with Crippen LogP contribution in [0.1, 0.15) is 20.8 Å². The van der Waals surface area contributed by atoms with Gasteiger partial charge in [-0.05, 0) is 25.0 Å². The van der Waals surface area contributed by atoms with Crippen molar-refractivity contribution < 1.29 is 0 Å². The molecule has 1 N–H and O–H groups in total.